The van der Waals surface area contributed by atoms with E-state index >= 15 is 0 Å². The second kappa shape index (κ2) is 10.1. The van der Waals surface area contributed by atoms with Gasteiger partial charge in [0, 0.05) is 28.4 Å². The van der Waals surface area contributed by atoms with E-state index in [1.165, 1.54) is 18.4 Å². The average molecular weight is 470 g/mol. The number of thiophene rings is 1. The van der Waals surface area contributed by atoms with Crippen molar-refractivity contribution in [3.05, 3.63) is 70.1 Å². The number of ether oxygens (including phenoxy) is 3. The number of rotatable bonds is 8. The van der Waals surface area contributed by atoms with Gasteiger partial charge in [0.25, 0.3) is 0 Å². The van der Waals surface area contributed by atoms with Gasteiger partial charge in [-0.25, -0.2) is 4.79 Å². The molecule has 2 aromatic carbocycles. The number of methoxy groups -OCH3 is 1. The number of carbonyl (C=O) groups excluding carboxylic acids is 2. The zero-order valence-electron chi connectivity index (χ0n) is 17.8. The van der Waals surface area contributed by atoms with Crippen LogP contribution in [-0.4, -0.2) is 31.5 Å². The topological polar surface area (TPSA) is 73.9 Å². The summed E-state index contributed by atoms with van der Waals surface area (Å²) >= 11 is 3.03. The molecular weight excluding hydrogens is 446 g/mol. The molecule has 0 unspecified atom stereocenters. The third-order valence-electron chi connectivity index (χ3n) is 5.03. The summed E-state index contributed by atoms with van der Waals surface area (Å²) < 4.78 is 15.8. The fraction of sp³-hybridized carbons (Fsp3) is 0.250. The van der Waals surface area contributed by atoms with Gasteiger partial charge in [0.05, 0.1) is 12.7 Å². The van der Waals surface area contributed by atoms with Crippen molar-refractivity contribution in [3.63, 3.8) is 0 Å². The maximum absolute atomic E-state index is 12.6. The molecule has 8 heteroatoms. The molecule has 0 radical (unpaired) electrons. The van der Waals surface area contributed by atoms with Gasteiger partial charge in [-0.2, -0.15) is 0 Å². The number of hydrogen-bond acceptors (Lipinski definition) is 7. The highest BCUT2D eigenvalue weighted by molar-refractivity contribution is 7.99. The van der Waals surface area contributed by atoms with Crippen LogP contribution in [0.5, 0.6) is 11.5 Å². The molecule has 1 aliphatic heterocycles. The fourth-order valence-corrected chi connectivity index (χ4v) is 5.49. The molecule has 1 N–H and O–H groups in total. The van der Waals surface area contributed by atoms with Gasteiger partial charge in [-0.05, 0) is 42.3 Å². The molecule has 1 aromatic heterocycles. The number of fused-ring (bicyclic) bond motifs is 1. The van der Waals surface area contributed by atoms with Gasteiger partial charge < -0.3 is 19.5 Å². The van der Waals surface area contributed by atoms with Gasteiger partial charge in [0.1, 0.15) is 5.00 Å². The summed E-state index contributed by atoms with van der Waals surface area (Å²) in [7, 11) is 1.35. The fourth-order valence-electron chi connectivity index (χ4n) is 3.37. The lowest BCUT2D eigenvalue weighted by Crippen LogP contribution is -2.14. The molecule has 0 aliphatic carbocycles. The van der Waals surface area contributed by atoms with Crippen molar-refractivity contribution in [2.45, 2.75) is 24.7 Å². The standard InChI is InChI=1S/C24H23NO5S2/c1-15-20(13-16-8-9-18-19(12-16)30-14-29-18)32-23(22(15)24(27)28-2)25-21(26)10-11-31-17-6-4-3-5-7-17/h3-9,12H,10-11,13-14H2,1-2H3,(H,25,26). The Balaban J connectivity index is 1.47. The largest absolute Gasteiger partial charge is 0.465 e. The molecule has 166 valence electrons. The average Bonchev–Trinajstić information content (AvgIpc) is 3.38. The first-order valence-corrected chi connectivity index (χ1v) is 11.9. The number of nitrogens with one attached hydrogen (secondary N) is 1. The maximum atomic E-state index is 12.6. The highest BCUT2D eigenvalue weighted by Crippen LogP contribution is 2.37. The van der Waals surface area contributed by atoms with Crippen LogP contribution in [0.3, 0.4) is 0 Å². The Labute approximate surface area is 194 Å². The first-order valence-electron chi connectivity index (χ1n) is 10.1. The number of carbonyl (C=O) groups is 2. The first kappa shape index (κ1) is 22.2. The van der Waals surface area contributed by atoms with E-state index < -0.39 is 5.97 Å². The van der Waals surface area contributed by atoms with Crippen molar-refractivity contribution in [2.75, 3.05) is 25.0 Å². The van der Waals surface area contributed by atoms with E-state index in [4.69, 9.17) is 14.2 Å². The number of thioether (sulfide) groups is 1. The van der Waals surface area contributed by atoms with Crippen LogP contribution < -0.4 is 14.8 Å². The molecule has 1 aliphatic rings. The lowest BCUT2D eigenvalue weighted by atomic mass is 10.1. The summed E-state index contributed by atoms with van der Waals surface area (Å²) in [6.07, 6.45) is 0.950. The third-order valence-corrected chi connectivity index (χ3v) is 7.25. The molecule has 0 fully saturated rings. The second-order valence-corrected chi connectivity index (χ2v) is 9.44. The summed E-state index contributed by atoms with van der Waals surface area (Å²) in [6.45, 7) is 2.11. The summed E-state index contributed by atoms with van der Waals surface area (Å²) in [5, 5.41) is 3.45. The normalized spacial score (nSPS) is 11.9. The van der Waals surface area contributed by atoms with Gasteiger partial charge >= 0.3 is 5.97 Å². The van der Waals surface area contributed by atoms with Crippen LogP contribution in [-0.2, 0) is 16.0 Å². The summed E-state index contributed by atoms with van der Waals surface area (Å²) in [5.41, 5.74) is 2.26. The van der Waals surface area contributed by atoms with Crippen LogP contribution in [0.1, 0.15) is 32.8 Å². The zero-order chi connectivity index (χ0) is 22.5. The SMILES string of the molecule is COC(=O)c1c(NC(=O)CCSc2ccccc2)sc(Cc2ccc3c(c2)OCO3)c1C. The van der Waals surface area contributed by atoms with Crippen molar-refractivity contribution in [3.8, 4) is 11.5 Å². The monoisotopic (exact) mass is 469 g/mol. The van der Waals surface area contributed by atoms with E-state index in [0.717, 1.165) is 26.6 Å². The Bertz CT molecular complexity index is 1130. The molecule has 0 spiro atoms. The van der Waals surface area contributed by atoms with Crippen molar-refractivity contribution in [1.29, 1.82) is 0 Å². The number of hydrogen-bond donors (Lipinski definition) is 1. The quantitative estimate of drug-likeness (QED) is 0.357. The molecule has 6 nitrogen and oxygen atoms in total. The minimum Gasteiger partial charge on any atom is -0.465 e. The Morgan fingerprint density at radius 1 is 1.12 bits per heavy atom. The molecular formula is C24H23NO5S2. The Morgan fingerprint density at radius 2 is 1.91 bits per heavy atom. The van der Waals surface area contributed by atoms with Gasteiger partial charge in [-0.1, -0.05) is 24.3 Å². The van der Waals surface area contributed by atoms with E-state index in [0.29, 0.717) is 34.9 Å². The number of amides is 1. The highest BCUT2D eigenvalue weighted by Gasteiger charge is 2.24. The Morgan fingerprint density at radius 3 is 2.69 bits per heavy atom. The highest BCUT2D eigenvalue weighted by atomic mass is 32.2. The smallest absolute Gasteiger partial charge is 0.341 e. The van der Waals surface area contributed by atoms with Crippen LogP contribution in [0.15, 0.2) is 53.4 Å². The summed E-state index contributed by atoms with van der Waals surface area (Å²) in [5.74, 6) is 1.51. The van der Waals surface area contributed by atoms with Gasteiger partial charge in [-0.3, -0.25) is 4.79 Å². The molecule has 3 aromatic rings. The molecule has 4 rings (SSSR count). The maximum Gasteiger partial charge on any atom is 0.341 e. The van der Waals surface area contributed by atoms with Crippen molar-refractivity contribution < 1.29 is 23.8 Å². The Kier molecular flexibility index (Phi) is 7.02. The van der Waals surface area contributed by atoms with E-state index in [2.05, 4.69) is 5.32 Å². The van der Waals surface area contributed by atoms with Crippen molar-refractivity contribution >= 4 is 40.0 Å². The molecule has 1 amide bonds. The number of benzene rings is 2. The second-order valence-electron chi connectivity index (χ2n) is 7.17. The van der Waals surface area contributed by atoms with Gasteiger partial charge in [0.15, 0.2) is 11.5 Å². The predicted molar refractivity (Wildman–Crippen MR) is 126 cm³/mol. The molecule has 0 bridgehead atoms. The van der Waals surface area contributed by atoms with Crippen molar-refractivity contribution in [2.24, 2.45) is 0 Å². The molecule has 0 atom stereocenters. The lowest BCUT2D eigenvalue weighted by molar-refractivity contribution is -0.115. The van der Waals surface area contributed by atoms with E-state index in [-0.39, 0.29) is 12.7 Å². The van der Waals surface area contributed by atoms with E-state index in [9.17, 15) is 9.59 Å². The predicted octanol–water partition coefficient (Wildman–Crippen LogP) is 5.28. The molecule has 2 heterocycles. The Hall–Kier alpha value is -2.97. The summed E-state index contributed by atoms with van der Waals surface area (Å²) in [4.78, 5) is 27.1. The molecule has 0 saturated heterocycles. The van der Waals surface area contributed by atoms with Crippen LogP contribution in [0.25, 0.3) is 0 Å². The number of esters is 1. The summed E-state index contributed by atoms with van der Waals surface area (Å²) in [6, 6.07) is 15.7. The van der Waals surface area contributed by atoms with Crippen molar-refractivity contribution in [1.82, 2.24) is 0 Å². The van der Waals surface area contributed by atoms with Gasteiger partial charge in [-0.15, -0.1) is 23.1 Å². The van der Waals surface area contributed by atoms with Crippen LogP contribution in [0.4, 0.5) is 5.00 Å². The minimum absolute atomic E-state index is 0.130. The number of anilines is 1. The van der Waals surface area contributed by atoms with E-state index in [1.54, 1.807) is 11.8 Å². The lowest BCUT2D eigenvalue weighted by Gasteiger charge is -2.06. The van der Waals surface area contributed by atoms with Crippen LogP contribution >= 0.6 is 23.1 Å². The van der Waals surface area contributed by atoms with Crippen LogP contribution in [0.2, 0.25) is 0 Å². The van der Waals surface area contributed by atoms with E-state index in [1.807, 2.05) is 55.5 Å². The minimum atomic E-state index is -0.454. The molecule has 32 heavy (non-hydrogen) atoms. The zero-order valence-corrected chi connectivity index (χ0v) is 19.4. The molecule has 0 saturated carbocycles. The first-order chi connectivity index (χ1) is 15.5. The van der Waals surface area contributed by atoms with Gasteiger partial charge in [0.2, 0.25) is 12.7 Å². The van der Waals surface area contributed by atoms with Crippen LogP contribution in [0, 0.1) is 6.92 Å². The third kappa shape index (κ3) is 5.08.